The maximum absolute atomic E-state index is 9.91. The highest BCUT2D eigenvalue weighted by molar-refractivity contribution is 5.79. The van der Waals surface area contributed by atoms with E-state index in [0.717, 1.165) is 12.5 Å². The Balaban J connectivity index is 3.33. The second kappa shape index (κ2) is 5.90. The minimum Gasteiger partial charge on any atom is -0.478 e. The van der Waals surface area contributed by atoms with Crippen LogP contribution in [0.5, 0.6) is 0 Å². The molecule has 0 unspecified atom stereocenters. The molecule has 0 amide bonds. The second-order valence-electron chi connectivity index (χ2n) is 1.71. The molecular weight excluding hydrogens is 128 g/mol. The lowest BCUT2D eigenvalue weighted by molar-refractivity contribution is -0.131. The van der Waals surface area contributed by atoms with Crippen molar-refractivity contribution >= 4 is 5.97 Å². The summed E-state index contributed by atoms with van der Waals surface area (Å²) in [4.78, 5) is 9.91. The fourth-order valence-corrected chi connectivity index (χ4v) is 0.465. The number of carboxylic acid groups (broad SMARTS) is 1. The van der Waals surface area contributed by atoms with Crippen molar-refractivity contribution in [1.29, 1.82) is 0 Å². The molecule has 0 aliphatic rings. The van der Waals surface area contributed by atoms with Gasteiger partial charge < -0.3 is 5.11 Å². The molecule has 0 aromatic rings. The predicted molar refractivity (Wildman–Crippen MR) is 39.5 cm³/mol. The number of hydrogen-bond donors (Lipinski definition) is 1. The summed E-state index contributed by atoms with van der Waals surface area (Å²) in [6, 6.07) is 0. The average molecular weight is 138 g/mol. The lowest BCUT2D eigenvalue weighted by Gasteiger charge is -1.80. The molecule has 0 saturated carbocycles. The fourth-order valence-electron chi connectivity index (χ4n) is 0.465. The first-order valence-electron chi connectivity index (χ1n) is 3.06. The molecule has 0 aromatic carbocycles. The largest absolute Gasteiger partial charge is 0.478 e. The highest BCUT2D eigenvalue weighted by Gasteiger charge is 1.82. The Bertz CT molecular complexity index is 181. The maximum Gasteiger partial charge on any atom is 0.327 e. The fraction of sp³-hybridized carbons (Fsp3) is 0.375. The lowest BCUT2D eigenvalue weighted by Crippen LogP contribution is -1.85. The molecule has 0 aliphatic heterocycles. The standard InChI is InChI=1S/C8H10O2/c1-2-3-4-5-6-7-8(9)10/h6-7H,4-5H2,1H3,(H,9,10)/b7-6-. The molecule has 2 nitrogen and oxygen atoms in total. The van der Waals surface area contributed by atoms with Crippen LogP contribution in [0.3, 0.4) is 0 Å². The molecule has 0 rings (SSSR count). The van der Waals surface area contributed by atoms with Gasteiger partial charge in [-0.3, -0.25) is 0 Å². The average Bonchev–Trinajstić information content (AvgIpc) is 1.87. The van der Waals surface area contributed by atoms with Gasteiger partial charge in [-0.15, -0.1) is 11.8 Å². The molecule has 0 aliphatic carbocycles. The zero-order valence-corrected chi connectivity index (χ0v) is 5.92. The van der Waals surface area contributed by atoms with Gasteiger partial charge in [0.2, 0.25) is 0 Å². The van der Waals surface area contributed by atoms with Crippen LogP contribution >= 0.6 is 0 Å². The molecule has 0 fully saturated rings. The summed E-state index contributed by atoms with van der Waals surface area (Å²) >= 11 is 0. The summed E-state index contributed by atoms with van der Waals surface area (Å²) in [5.41, 5.74) is 0. The molecule has 0 aromatic heterocycles. The molecule has 0 saturated heterocycles. The van der Waals surface area contributed by atoms with Crippen LogP contribution in [0.4, 0.5) is 0 Å². The van der Waals surface area contributed by atoms with E-state index in [1.807, 2.05) is 0 Å². The third-order valence-corrected chi connectivity index (χ3v) is 0.873. The van der Waals surface area contributed by atoms with E-state index in [1.165, 1.54) is 0 Å². The van der Waals surface area contributed by atoms with Gasteiger partial charge in [-0.2, -0.15) is 0 Å². The van der Waals surface area contributed by atoms with Crippen LogP contribution in [0.1, 0.15) is 19.8 Å². The summed E-state index contributed by atoms with van der Waals surface area (Å²) in [5, 5.41) is 8.15. The van der Waals surface area contributed by atoms with Gasteiger partial charge in [0.05, 0.1) is 0 Å². The third-order valence-electron chi connectivity index (χ3n) is 0.873. The topological polar surface area (TPSA) is 37.3 Å². The van der Waals surface area contributed by atoms with Crippen molar-refractivity contribution in [2.45, 2.75) is 19.8 Å². The number of hydrogen-bond acceptors (Lipinski definition) is 1. The van der Waals surface area contributed by atoms with Crippen molar-refractivity contribution in [3.63, 3.8) is 0 Å². The van der Waals surface area contributed by atoms with Crippen LogP contribution in [0.25, 0.3) is 0 Å². The van der Waals surface area contributed by atoms with Crippen LogP contribution in [0, 0.1) is 11.8 Å². The summed E-state index contributed by atoms with van der Waals surface area (Å²) in [7, 11) is 0. The van der Waals surface area contributed by atoms with Crippen molar-refractivity contribution < 1.29 is 9.90 Å². The second-order valence-corrected chi connectivity index (χ2v) is 1.71. The minimum absolute atomic E-state index is 0.715. The zero-order valence-electron chi connectivity index (χ0n) is 5.92. The number of carbonyl (C=O) groups is 1. The highest BCUT2D eigenvalue weighted by Crippen LogP contribution is 1.87. The van der Waals surface area contributed by atoms with Gasteiger partial charge in [-0.1, -0.05) is 6.08 Å². The van der Waals surface area contributed by atoms with E-state index >= 15 is 0 Å². The Morgan fingerprint density at radius 3 is 2.90 bits per heavy atom. The van der Waals surface area contributed by atoms with Crippen molar-refractivity contribution in [1.82, 2.24) is 0 Å². The van der Waals surface area contributed by atoms with E-state index in [0.29, 0.717) is 6.42 Å². The summed E-state index contributed by atoms with van der Waals surface area (Å²) in [6.07, 6.45) is 4.19. The molecule has 0 atom stereocenters. The van der Waals surface area contributed by atoms with Gasteiger partial charge in [0.25, 0.3) is 0 Å². The number of rotatable bonds is 3. The van der Waals surface area contributed by atoms with Crippen molar-refractivity contribution in [3.05, 3.63) is 12.2 Å². The van der Waals surface area contributed by atoms with E-state index < -0.39 is 5.97 Å². The number of unbranched alkanes of at least 4 members (excludes halogenated alkanes) is 1. The van der Waals surface area contributed by atoms with Crippen molar-refractivity contribution in [2.24, 2.45) is 0 Å². The molecule has 2 heteroatoms. The maximum atomic E-state index is 9.91. The molecule has 0 radical (unpaired) electrons. The summed E-state index contributed by atoms with van der Waals surface area (Å²) < 4.78 is 0. The monoisotopic (exact) mass is 138 g/mol. The van der Waals surface area contributed by atoms with Gasteiger partial charge in [-0.05, 0) is 13.3 Å². The smallest absolute Gasteiger partial charge is 0.327 e. The Hall–Kier alpha value is -1.23. The quantitative estimate of drug-likeness (QED) is 0.364. The molecule has 1 N–H and O–H groups in total. The number of carboxylic acids is 1. The van der Waals surface area contributed by atoms with E-state index in [4.69, 9.17) is 5.11 Å². The van der Waals surface area contributed by atoms with E-state index in [1.54, 1.807) is 13.0 Å². The summed E-state index contributed by atoms with van der Waals surface area (Å²) in [5.74, 6) is 4.65. The third kappa shape index (κ3) is 6.77. The predicted octanol–water partition coefficient (Wildman–Crippen LogP) is 1.43. The Labute approximate surface area is 60.6 Å². The van der Waals surface area contributed by atoms with Crippen molar-refractivity contribution in [3.8, 4) is 11.8 Å². The van der Waals surface area contributed by atoms with Crippen LogP contribution in [0.15, 0.2) is 12.2 Å². The van der Waals surface area contributed by atoms with Gasteiger partial charge in [0.1, 0.15) is 0 Å². The molecule has 0 bridgehead atoms. The first kappa shape index (κ1) is 8.77. The van der Waals surface area contributed by atoms with E-state index in [9.17, 15) is 4.79 Å². The zero-order chi connectivity index (χ0) is 7.82. The molecular formula is C8H10O2. The van der Waals surface area contributed by atoms with Crippen LogP contribution in [-0.4, -0.2) is 11.1 Å². The number of allylic oxidation sites excluding steroid dienone is 1. The van der Waals surface area contributed by atoms with Gasteiger partial charge in [-0.25, -0.2) is 4.79 Å². The molecule has 0 spiro atoms. The van der Waals surface area contributed by atoms with Gasteiger partial charge >= 0.3 is 5.97 Å². The van der Waals surface area contributed by atoms with Crippen LogP contribution in [-0.2, 0) is 4.79 Å². The van der Waals surface area contributed by atoms with Gasteiger partial charge in [0.15, 0.2) is 0 Å². The normalized spacial score (nSPS) is 8.90. The Kier molecular flexibility index (Phi) is 5.17. The molecule has 0 heterocycles. The Morgan fingerprint density at radius 2 is 2.40 bits per heavy atom. The van der Waals surface area contributed by atoms with E-state index in [2.05, 4.69) is 11.8 Å². The lowest BCUT2D eigenvalue weighted by atomic mass is 10.3. The Morgan fingerprint density at radius 1 is 1.70 bits per heavy atom. The van der Waals surface area contributed by atoms with E-state index in [-0.39, 0.29) is 0 Å². The first-order valence-corrected chi connectivity index (χ1v) is 3.06. The van der Waals surface area contributed by atoms with Crippen molar-refractivity contribution in [2.75, 3.05) is 0 Å². The molecule has 54 valence electrons. The van der Waals surface area contributed by atoms with Crippen LogP contribution < -0.4 is 0 Å². The SMILES string of the molecule is CC#CCC/C=C\C(=O)O. The molecule has 10 heavy (non-hydrogen) atoms. The van der Waals surface area contributed by atoms with Gasteiger partial charge in [0, 0.05) is 12.5 Å². The highest BCUT2D eigenvalue weighted by atomic mass is 16.4. The first-order chi connectivity index (χ1) is 4.77. The minimum atomic E-state index is -0.899. The summed E-state index contributed by atoms with van der Waals surface area (Å²) in [6.45, 7) is 1.76. The number of aliphatic carboxylic acids is 1. The van der Waals surface area contributed by atoms with Crippen LogP contribution in [0.2, 0.25) is 0 Å².